The lowest BCUT2D eigenvalue weighted by atomic mass is 10.1. The van der Waals surface area contributed by atoms with E-state index in [2.05, 4.69) is 21.6 Å². The number of nitrogens with zero attached hydrogens (tertiary/aromatic N) is 4. The van der Waals surface area contributed by atoms with Gasteiger partial charge in [-0.15, -0.1) is 0 Å². The van der Waals surface area contributed by atoms with Crippen molar-refractivity contribution >= 4 is 32.7 Å². The second-order valence-electron chi connectivity index (χ2n) is 8.61. The lowest BCUT2D eigenvalue weighted by molar-refractivity contribution is -0.126. The highest BCUT2D eigenvalue weighted by molar-refractivity contribution is 7.93. The third kappa shape index (κ3) is 4.40. The van der Waals surface area contributed by atoms with Crippen LogP contribution < -0.4 is 14.2 Å². The number of benzene rings is 2. The first kappa shape index (κ1) is 24.4. The molecule has 0 saturated heterocycles. The Labute approximate surface area is 213 Å². The predicted molar refractivity (Wildman–Crippen MR) is 135 cm³/mol. The Kier molecular flexibility index (Phi) is 6.12. The first-order valence-corrected chi connectivity index (χ1v) is 12.8. The molecular formula is C25H25N5O6S. The maximum Gasteiger partial charge on any atom is 0.270 e. The topological polar surface area (TPSA) is 129 Å². The van der Waals surface area contributed by atoms with E-state index in [9.17, 15) is 13.2 Å². The number of sulfonamides is 1. The molecule has 0 aliphatic carbocycles. The summed E-state index contributed by atoms with van der Waals surface area (Å²) < 4.78 is 46.9. The summed E-state index contributed by atoms with van der Waals surface area (Å²) in [7, 11) is -1.35. The molecular weight excluding hydrogens is 498 g/mol. The summed E-state index contributed by atoms with van der Waals surface area (Å²) in [6.07, 6.45) is 3.22. The van der Waals surface area contributed by atoms with E-state index in [1.54, 1.807) is 17.0 Å². The molecule has 0 radical (unpaired) electrons. The number of nitrogens with one attached hydrogen (secondary N) is 1. The molecule has 1 amide bonds. The number of aromatic nitrogens is 3. The average Bonchev–Trinajstić information content (AvgIpc) is 3.56. The molecule has 0 unspecified atom stereocenters. The van der Waals surface area contributed by atoms with Crippen molar-refractivity contribution < 1.29 is 27.2 Å². The van der Waals surface area contributed by atoms with Crippen LogP contribution in [0.15, 0.2) is 58.6 Å². The van der Waals surface area contributed by atoms with Crippen molar-refractivity contribution in [3.63, 3.8) is 0 Å². The summed E-state index contributed by atoms with van der Waals surface area (Å²) >= 11 is 0. The third-order valence-corrected chi connectivity index (χ3v) is 7.57. The lowest BCUT2D eigenvalue weighted by Gasteiger charge is -2.14. The minimum absolute atomic E-state index is 0.0667. The van der Waals surface area contributed by atoms with Crippen LogP contribution in [-0.4, -0.2) is 48.4 Å². The van der Waals surface area contributed by atoms with Crippen molar-refractivity contribution in [1.82, 2.24) is 19.8 Å². The quantitative estimate of drug-likeness (QED) is 0.349. The van der Waals surface area contributed by atoms with Gasteiger partial charge in [0.05, 0.1) is 38.4 Å². The molecule has 1 N–H and O–H groups in total. The Hall–Kier alpha value is -4.32. The number of fused-ring (bicyclic) bond motifs is 2. The van der Waals surface area contributed by atoms with Gasteiger partial charge in [0, 0.05) is 18.3 Å². The second kappa shape index (κ2) is 9.28. The van der Waals surface area contributed by atoms with Crippen LogP contribution >= 0.6 is 0 Å². The average molecular weight is 524 g/mol. The van der Waals surface area contributed by atoms with Gasteiger partial charge in [0.2, 0.25) is 5.91 Å². The third-order valence-electron chi connectivity index (χ3n) is 6.17. The van der Waals surface area contributed by atoms with E-state index in [1.165, 1.54) is 32.4 Å². The monoisotopic (exact) mass is 523 g/mol. The zero-order chi connectivity index (χ0) is 26.3. The predicted octanol–water partition coefficient (Wildman–Crippen LogP) is 3.23. The summed E-state index contributed by atoms with van der Waals surface area (Å²) in [6.45, 7) is 6.81. The smallest absolute Gasteiger partial charge is 0.270 e. The van der Waals surface area contributed by atoms with Crippen LogP contribution in [0.2, 0.25) is 0 Å². The van der Waals surface area contributed by atoms with Crippen LogP contribution in [0.5, 0.6) is 11.5 Å². The van der Waals surface area contributed by atoms with E-state index in [4.69, 9.17) is 14.0 Å². The molecule has 0 fully saturated rings. The van der Waals surface area contributed by atoms with Gasteiger partial charge in [0.25, 0.3) is 10.0 Å². The van der Waals surface area contributed by atoms with Gasteiger partial charge in [-0.1, -0.05) is 23.9 Å². The van der Waals surface area contributed by atoms with E-state index in [1.807, 2.05) is 23.9 Å². The Morgan fingerprint density at radius 3 is 2.59 bits per heavy atom. The molecule has 0 bridgehead atoms. The fourth-order valence-corrected chi connectivity index (χ4v) is 5.86. The molecule has 1 aliphatic heterocycles. The van der Waals surface area contributed by atoms with Crippen molar-refractivity contribution in [2.75, 3.05) is 18.9 Å². The molecule has 37 heavy (non-hydrogen) atoms. The highest BCUT2D eigenvalue weighted by Crippen LogP contribution is 2.36. The standard InChI is InChI=1S/C25H25N5O6S/c1-5-22(31)29-12-17-13-30(26-18(17)14-29)11-16-9-15(2)23-21(10-16)36-27-25(23)28-37(32,33)24-19(34-3)7-6-8-20(24)35-4/h5-10,13H,1,11-12,14H2,2-4H3,(H,27,28). The van der Waals surface area contributed by atoms with E-state index >= 15 is 0 Å². The fraction of sp³-hybridized carbons (Fsp3) is 0.240. The number of hydrogen-bond acceptors (Lipinski definition) is 8. The molecule has 192 valence electrons. The van der Waals surface area contributed by atoms with E-state index in [0.717, 1.165) is 22.4 Å². The Bertz CT molecular complexity index is 1590. The van der Waals surface area contributed by atoms with E-state index in [-0.39, 0.29) is 28.1 Å². The van der Waals surface area contributed by atoms with Crippen LogP contribution in [0.25, 0.3) is 11.0 Å². The van der Waals surface area contributed by atoms with E-state index in [0.29, 0.717) is 30.6 Å². The van der Waals surface area contributed by atoms with Gasteiger partial charge < -0.3 is 18.9 Å². The number of hydrogen-bond donors (Lipinski definition) is 1. The molecule has 0 atom stereocenters. The fourth-order valence-electron chi connectivity index (χ4n) is 4.53. The number of carbonyl (C=O) groups is 1. The largest absolute Gasteiger partial charge is 0.495 e. The van der Waals surface area contributed by atoms with E-state index < -0.39 is 10.0 Å². The van der Waals surface area contributed by atoms with Crippen LogP contribution in [0.3, 0.4) is 0 Å². The summed E-state index contributed by atoms with van der Waals surface area (Å²) in [6, 6.07) is 8.45. The minimum Gasteiger partial charge on any atom is -0.495 e. The first-order valence-electron chi connectivity index (χ1n) is 11.3. The zero-order valence-electron chi connectivity index (χ0n) is 20.5. The molecule has 3 heterocycles. The summed E-state index contributed by atoms with van der Waals surface area (Å²) in [5.74, 6) is 0.229. The van der Waals surface area contributed by atoms with Crippen LogP contribution in [0.1, 0.15) is 22.4 Å². The van der Waals surface area contributed by atoms with Crippen molar-refractivity contribution in [1.29, 1.82) is 0 Å². The van der Waals surface area contributed by atoms with Gasteiger partial charge in [-0.05, 0) is 42.3 Å². The van der Waals surface area contributed by atoms with Crippen LogP contribution in [0.4, 0.5) is 5.82 Å². The van der Waals surface area contributed by atoms with Gasteiger partial charge in [-0.25, -0.2) is 8.42 Å². The number of ether oxygens (including phenoxy) is 2. The van der Waals surface area contributed by atoms with Gasteiger partial charge >= 0.3 is 0 Å². The molecule has 0 spiro atoms. The molecule has 2 aromatic carbocycles. The SMILES string of the molecule is C=CC(=O)N1Cc2cn(Cc3cc(C)c4c(NS(=O)(=O)c5c(OC)cccc5OC)noc4c3)nc2C1. The maximum atomic E-state index is 13.3. The summed E-state index contributed by atoms with van der Waals surface area (Å²) in [4.78, 5) is 13.4. The molecule has 1 aliphatic rings. The van der Waals surface area contributed by atoms with Gasteiger partial charge in [0.1, 0.15) is 11.5 Å². The molecule has 2 aromatic heterocycles. The molecule has 11 nitrogen and oxygen atoms in total. The molecule has 4 aromatic rings. The highest BCUT2D eigenvalue weighted by Gasteiger charge is 2.28. The van der Waals surface area contributed by atoms with Gasteiger partial charge in [-0.3, -0.25) is 14.2 Å². The van der Waals surface area contributed by atoms with Gasteiger partial charge in [0.15, 0.2) is 16.3 Å². The maximum absolute atomic E-state index is 13.3. The minimum atomic E-state index is -4.12. The summed E-state index contributed by atoms with van der Waals surface area (Å²) in [5.41, 5.74) is 3.97. The summed E-state index contributed by atoms with van der Waals surface area (Å²) in [5, 5.41) is 9.14. The van der Waals surface area contributed by atoms with Gasteiger partial charge in [-0.2, -0.15) is 5.10 Å². The van der Waals surface area contributed by atoms with Crippen LogP contribution in [0, 0.1) is 6.92 Å². The molecule has 12 heteroatoms. The highest BCUT2D eigenvalue weighted by atomic mass is 32.2. The number of anilines is 1. The number of carbonyl (C=O) groups excluding carboxylic acids is 1. The number of methoxy groups -OCH3 is 2. The van der Waals surface area contributed by atoms with Crippen molar-refractivity contribution in [2.45, 2.75) is 31.5 Å². The lowest BCUT2D eigenvalue weighted by Crippen LogP contribution is -2.23. The van der Waals surface area contributed by atoms with Crippen LogP contribution in [-0.2, 0) is 34.5 Å². The zero-order valence-corrected chi connectivity index (χ0v) is 21.3. The van der Waals surface area contributed by atoms with Crippen molar-refractivity contribution in [3.8, 4) is 11.5 Å². The number of amides is 1. The molecule has 5 rings (SSSR count). The van der Waals surface area contributed by atoms with Crippen molar-refractivity contribution in [2.24, 2.45) is 0 Å². The Balaban J connectivity index is 1.40. The number of aryl methyl sites for hydroxylation is 1. The Morgan fingerprint density at radius 1 is 1.22 bits per heavy atom. The Morgan fingerprint density at radius 2 is 1.95 bits per heavy atom. The first-order chi connectivity index (χ1) is 17.7. The van der Waals surface area contributed by atoms with Crippen molar-refractivity contribution in [3.05, 3.63) is 71.6 Å². The number of rotatable bonds is 8. The second-order valence-corrected chi connectivity index (χ2v) is 10.2. The molecule has 0 saturated carbocycles. The normalized spacial score (nSPS) is 13.0.